The van der Waals surface area contributed by atoms with Crippen LogP contribution in [0, 0.1) is 11.7 Å². The molecule has 0 saturated heterocycles. The summed E-state index contributed by atoms with van der Waals surface area (Å²) in [4.78, 5) is 11.6. The van der Waals surface area contributed by atoms with Crippen LogP contribution >= 0.6 is 0 Å². The molecular weight excluding hydrogens is 233 g/mol. The maximum Gasteiger partial charge on any atom is 0.328 e. The Hall–Kier alpha value is -1.42. The Morgan fingerprint density at radius 2 is 1.94 bits per heavy atom. The van der Waals surface area contributed by atoms with Crippen LogP contribution < -0.4 is 5.32 Å². The number of carboxylic acids is 1. The number of carbonyl (C=O) groups is 1. The third-order valence-corrected chi connectivity index (χ3v) is 3.04. The minimum atomic E-state index is -1.14. The largest absolute Gasteiger partial charge is 0.480 e. The zero-order chi connectivity index (χ0) is 13.8. The molecule has 0 amide bonds. The molecule has 0 bridgehead atoms. The van der Waals surface area contributed by atoms with Crippen LogP contribution in [0.4, 0.5) is 4.39 Å². The van der Waals surface area contributed by atoms with Crippen molar-refractivity contribution in [1.29, 1.82) is 0 Å². The fourth-order valence-corrected chi connectivity index (χ4v) is 1.89. The summed E-state index contributed by atoms with van der Waals surface area (Å²) in [6, 6.07) is 5.64. The number of hydrogen-bond acceptors (Lipinski definition) is 2. The molecule has 0 aliphatic heterocycles. The average molecular weight is 253 g/mol. The van der Waals surface area contributed by atoms with E-state index in [4.69, 9.17) is 0 Å². The molecule has 0 saturated carbocycles. The van der Waals surface area contributed by atoms with Gasteiger partial charge in [-0.1, -0.05) is 32.9 Å². The van der Waals surface area contributed by atoms with Crippen LogP contribution in [0.3, 0.4) is 0 Å². The molecule has 18 heavy (non-hydrogen) atoms. The van der Waals surface area contributed by atoms with Gasteiger partial charge in [-0.2, -0.15) is 0 Å². The highest BCUT2D eigenvalue weighted by molar-refractivity contribution is 5.80. The van der Waals surface area contributed by atoms with Crippen molar-refractivity contribution in [3.8, 4) is 0 Å². The van der Waals surface area contributed by atoms with Crippen LogP contribution in [-0.2, 0) is 10.3 Å². The first-order valence-electron chi connectivity index (χ1n) is 6.17. The lowest BCUT2D eigenvalue weighted by Crippen LogP contribution is -2.50. The van der Waals surface area contributed by atoms with Crippen molar-refractivity contribution in [3.63, 3.8) is 0 Å². The molecule has 1 rings (SSSR count). The van der Waals surface area contributed by atoms with Gasteiger partial charge >= 0.3 is 5.97 Å². The van der Waals surface area contributed by atoms with Gasteiger partial charge in [-0.15, -0.1) is 0 Å². The summed E-state index contributed by atoms with van der Waals surface area (Å²) in [6.45, 7) is 6.43. The topological polar surface area (TPSA) is 49.3 Å². The number of carboxylic acid groups (broad SMARTS) is 1. The number of hydrogen-bond donors (Lipinski definition) is 2. The Kier molecular flexibility index (Phi) is 4.84. The third kappa shape index (κ3) is 3.07. The van der Waals surface area contributed by atoms with Gasteiger partial charge in [0.2, 0.25) is 0 Å². The van der Waals surface area contributed by atoms with Crippen molar-refractivity contribution < 1.29 is 14.3 Å². The van der Waals surface area contributed by atoms with Gasteiger partial charge < -0.3 is 5.11 Å². The molecule has 0 aliphatic carbocycles. The fraction of sp³-hybridized carbons (Fsp3) is 0.500. The Balaban J connectivity index is 3.10. The van der Waals surface area contributed by atoms with Gasteiger partial charge in [0.1, 0.15) is 11.4 Å². The summed E-state index contributed by atoms with van der Waals surface area (Å²) >= 11 is 0. The second-order valence-corrected chi connectivity index (χ2v) is 4.85. The number of nitrogens with one attached hydrogen (secondary N) is 1. The van der Waals surface area contributed by atoms with Gasteiger partial charge in [-0.05, 0) is 36.6 Å². The zero-order valence-corrected chi connectivity index (χ0v) is 11.0. The summed E-state index contributed by atoms with van der Waals surface area (Å²) in [6.07, 6.45) is 0.403. The zero-order valence-electron chi connectivity index (χ0n) is 11.0. The lowest BCUT2D eigenvalue weighted by molar-refractivity contribution is -0.145. The monoisotopic (exact) mass is 253 g/mol. The summed E-state index contributed by atoms with van der Waals surface area (Å²) in [5, 5.41) is 12.6. The molecule has 0 aromatic heterocycles. The molecule has 100 valence electrons. The predicted octanol–water partition coefficient (Wildman–Crippen LogP) is 2.76. The van der Waals surface area contributed by atoms with Crippen LogP contribution in [0.15, 0.2) is 24.3 Å². The molecule has 1 aromatic carbocycles. The Morgan fingerprint density at radius 3 is 2.33 bits per heavy atom. The van der Waals surface area contributed by atoms with Gasteiger partial charge in [0.25, 0.3) is 0 Å². The normalized spacial score (nSPS) is 14.5. The standard InChI is InChI=1S/C14H20FNO2/c1-4-14(13(17)18,16-9-10(2)3)11-5-7-12(15)8-6-11/h5-8,10,16H,4,9H2,1-3H3,(H,17,18). The second kappa shape index (κ2) is 5.96. The summed E-state index contributed by atoms with van der Waals surface area (Å²) < 4.78 is 12.9. The molecule has 0 radical (unpaired) electrons. The van der Waals surface area contributed by atoms with E-state index in [1.54, 1.807) is 0 Å². The molecule has 0 spiro atoms. The first kappa shape index (κ1) is 14.6. The van der Waals surface area contributed by atoms with Crippen molar-refractivity contribution in [1.82, 2.24) is 5.32 Å². The van der Waals surface area contributed by atoms with E-state index in [2.05, 4.69) is 5.32 Å². The molecule has 1 atom stereocenters. The van der Waals surface area contributed by atoms with Crippen LogP contribution in [-0.4, -0.2) is 17.6 Å². The molecule has 0 aliphatic rings. The Labute approximate surface area is 107 Å². The van der Waals surface area contributed by atoms with Crippen molar-refractivity contribution in [2.24, 2.45) is 5.92 Å². The number of aliphatic carboxylic acids is 1. The first-order chi connectivity index (χ1) is 8.42. The van der Waals surface area contributed by atoms with E-state index in [0.717, 1.165) is 0 Å². The molecule has 3 nitrogen and oxygen atoms in total. The maximum atomic E-state index is 12.9. The third-order valence-electron chi connectivity index (χ3n) is 3.04. The van der Waals surface area contributed by atoms with E-state index >= 15 is 0 Å². The minimum Gasteiger partial charge on any atom is -0.480 e. The molecular formula is C14H20FNO2. The van der Waals surface area contributed by atoms with Gasteiger partial charge in [0.05, 0.1) is 0 Å². The van der Waals surface area contributed by atoms with Crippen LogP contribution in [0.1, 0.15) is 32.8 Å². The highest BCUT2D eigenvalue weighted by atomic mass is 19.1. The summed E-state index contributed by atoms with van der Waals surface area (Å²) in [7, 11) is 0. The Bertz CT molecular complexity index is 403. The Morgan fingerprint density at radius 1 is 1.39 bits per heavy atom. The number of halogens is 1. The van der Waals surface area contributed by atoms with E-state index in [-0.39, 0.29) is 5.82 Å². The van der Waals surface area contributed by atoms with Crippen LogP contribution in [0.2, 0.25) is 0 Å². The van der Waals surface area contributed by atoms with Crippen molar-refractivity contribution in [2.75, 3.05) is 6.54 Å². The number of rotatable bonds is 6. The first-order valence-corrected chi connectivity index (χ1v) is 6.17. The SMILES string of the molecule is CCC(NCC(C)C)(C(=O)O)c1ccc(F)cc1. The van der Waals surface area contributed by atoms with Gasteiger partial charge in [0.15, 0.2) is 0 Å². The summed E-state index contributed by atoms with van der Waals surface area (Å²) in [5.74, 6) is -0.953. The predicted molar refractivity (Wildman–Crippen MR) is 68.8 cm³/mol. The molecule has 1 unspecified atom stereocenters. The van der Waals surface area contributed by atoms with Crippen LogP contribution in [0.5, 0.6) is 0 Å². The molecule has 4 heteroatoms. The van der Waals surface area contributed by atoms with E-state index in [9.17, 15) is 14.3 Å². The van der Waals surface area contributed by atoms with Gasteiger partial charge in [0, 0.05) is 0 Å². The van der Waals surface area contributed by atoms with E-state index in [0.29, 0.717) is 24.4 Å². The maximum absolute atomic E-state index is 12.9. The van der Waals surface area contributed by atoms with Crippen LogP contribution in [0.25, 0.3) is 0 Å². The lowest BCUT2D eigenvalue weighted by Gasteiger charge is -2.31. The van der Waals surface area contributed by atoms with Crippen molar-refractivity contribution >= 4 is 5.97 Å². The minimum absolute atomic E-state index is 0.343. The lowest BCUT2D eigenvalue weighted by atomic mass is 9.86. The fourth-order valence-electron chi connectivity index (χ4n) is 1.89. The quantitative estimate of drug-likeness (QED) is 0.819. The molecule has 1 aromatic rings. The average Bonchev–Trinajstić information content (AvgIpc) is 2.31. The number of benzene rings is 1. The summed E-state index contributed by atoms with van der Waals surface area (Å²) in [5.41, 5.74) is -0.558. The van der Waals surface area contributed by atoms with Gasteiger partial charge in [-0.3, -0.25) is 5.32 Å². The van der Waals surface area contributed by atoms with E-state index < -0.39 is 11.5 Å². The van der Waals surface area contributed by atoms with Crippen molar-refractivity contribution in [3.05, 3.63) is 35.6 Å². The smallest absolute Gasteiger partial charge is 0.328 e. The highest BCUT2D eigenvalue weighted by Gasteiger charge is 2.38. The van der Waals surface area contributed by atoms with E-state index in [1.165, 1.54) is 24.3 Å². The molecule has 0 fully saturated rings. The highest BCUT2D eigenvalue weighted by Crippen LogP contribution is 2.26. The van der Waals surface area contributed by atoms with Crippen molar-refractivity contribution in [2.45, 2.75) is 32.7 Å². The van der Waals surface area contributed by atoms with E-state index in [1.807, 2.05) is 20.8 Å². The molecule has 0 heterocycles. The molecule has 2 N–H and O–H groups in total. The second-order valence-electron chi connectivity index (χ2n) is 4.85. The van der Waals surface area contributed by atoms with Gasteiger partial charge in [-0.25, -0.2) is 9.18 Å².